The third-order valence-corrected chi connectivity index (χ3v) is 5.71. The minimum absolute atomic E-state index is 0.0439. The van der Waals surface area contributed by atoms with Crippen LogP contribution >= 0.6 is 15.9 Å². The zero-order valence-corrected chi connectivity index (χ0v) is 18.0. The Hall–Kier alpha value is -3.45. The van der Waals surface area contributed by atoms with Crippen LogP contribution in [0.1, 0.15) is 17.2 Å². The first kappa shape index (κ1) is 20.8. The molecule has 5 nitrogen and oxygen atoms in total. The van der Waals surface area contributed by atoms with Gasteiger partial charge in [0.2, 0.25) is 0 Å². The number of carbonyl (C=O) groups is 2. The predicted octanol–water partition coefficient (Wildman–Crippen LogP) is 5.22. The quantitative estimate of drug-likeness (QED) is 0.315. The van der Waals surface area contributed by atoms with Gasteiger partial charge in [-0.1, -0.05) is 30.3 Å². The molecule has 0 aromatic heterocycles. The lowest BCUT2D eigenvalue weighted by molar-refractivity contribution is -0.132. The van der Waals surface area contributed by atoms with Crippen molar-refractivity contribution in [2.75, 3.05) is 12.0 Å². The summed E-state index contributed by atoms with van der Waals surface area (Å²) in [6, 6.07) is 18.2. The highest BCUT2D eigenvalue weighted by Gasteiger charge is 2.46. The van der Waals surface area contributed by atoms with Crippen LogP contribution < -0.4 is 9.64 Å². The van der Waals surface area contributed by atoms with E-state index in [4.69, 9.17) is 4.74 Å². The Kier molecular flexibility index (Phi) is 5.61. The third kappa shape index (κ3) is 3.72. The number of hydrogen-bond acceptors (Lipinski definition) is 4. The van der Waals surface area contributed by atoms with Gasteiger partial charge in [-0.25, -0.2) is 4.39 Å². The number of nitrogens with zero attached hydrogens (tertiary/aromatic N) is 1. The van der Waals surface area contributed by atoms with Crippen molar-refractivity contribution in [2.45, 2.75) is 6.04 Å². The summed E-state index contributed by atoms with van der Waals surface area (Å²) in [6.07, 6.45) is 0. The molecule has 7 heteroatoms. The van der Waals surface area contributed by atoms with Crippen molar-refractivity contribution < 1.29 is 23.8 Å². The normalized spacial score (nSPS) is 17.8. The highest BCUT2D eigenvalue weighted by atomic mass is 79.9. The van der Waals surface area contributed by atoms with Gasteiger partial charge in [0.05, 0.1) is 23.2 Å². The number of Topliss-reactive ketones (excluding diaryl/α,β-unsaturated/α-hetero) is 1. The molecule has 156 valence electrons. The van der Waals surface area contributed by atoms with E-state index in [-0.39, 0.29) is 11.3 Å². The lowest BCUT2D eigenvalue weighted by Crippen LogP contribution is -2.29. The number of aliphatic hydroxyl groups is 1. The summed E-state index contributed by atoms with van der Waals surface area (Å²) in [5.41, 5.74) is 1.30. The molecular weight excluding hydrogens is 465 g/mol. The van der Waals surface area contributed by atoms with E-state index in [1.165, 1.54) is 36.3 Å². The lowest BCUT2D eigenvalue weighted by atomic mass is 9.95. The molecular formula is C24H17BrFNO4. The summed E-state index contributed by atoms with van der Waals surface area (Å²) in [7, 11) is 1.52. The fourth-order valence-electron chi connectivity index (χ4n) is 3.62. The highest BCUT2D eigenvalue weighted by molar-refractivity contribution is 9.10. The number of halogens is 2. The second kappa shape index (κ2) is 8.35. The van der Waals surface area contributed by atoms with Crippen molar-refractivity contribution in [2.24, 2.45) is 0 Å². The Balaban J connectivity index is 1.92. The first-order valence-electron chi connectivity index (χ1n) is 9.38. The second-order valence-electron chi connectivity index (χ2n) is 6.91. The molecule has 1 heterocycles. The molecule has 1 saturated heterocycles. The summed E-state index contributed by atoms with van der Waals surface area (Å²) in [4.78, 5) is 27.3. The maximum Gasteiger partial charge on any atom is 0.300 e. The first-order chi connectivity index (χ1) is 14.9. The average Bonchev–Trinajstić information content (AvgIpc) is 3.05. The number of amides is 1. The van der Waals surface area contributed by atoms with Crippen LogP contribution in [-0.4, -0.2) is 23.9 Å². The number of carbonyl (C=O) groups excluding carboxylic acids is 2. The Bertz CT molecular complexity index is 1190. The number of methoxy groups -OCH3 is 1. The Morgan fingerprint density at radius 1 is 1.03 bits per heavy atom. The van der Waals surface area contributed by atoms with Gasteiger partial charge >= 0.3 is 0 Å². The summed E-state index contributed by atoms with van der Waals surface area (Å²) in [5, 5.41) is 11.1. The third-order valence-electron chi connectivity index (χ3n) is 5.09. The fraction of sp³-hybridized carbons (Fsp3) is 0.0833. The molecule has 4 rings (SSSR count). The molecule has 0 radical (unpaired) electrons. The van der Waals surface area contributed by atoms with E-state index in [1.807, 2.05) is 6.07 Å². The zero-order valence-electron chi connectivity index (χ0n) is 16.4. The Labute approximate surface area is 186 Å². The molecule has 31 heavy (non-hydrogen) atoms. The maximum absolute atomic E-state index is 13.5. The molecule has 3 aromatic carbocycles. The fourth-order valence-corrected chi connectivity index (χ4v) is 4.16. The van der Waals surface area contributed by atoms with Crippen LogP contribution in [0.25, 0.3) is 5.76 Å². The number of ketones is 1. The monoisotopic (exact) mass is 481 g/mol. The number of ether oxygens (including phenoxy) is 1. The minimum atomic E-state index is -0.868. The highest BCUT2D eigenvalue weighted by Crippen LogP contribution is 2.42. The molecule has 1 atom stereocenters. The van der Waals surface area contributed by atoms with Crippen molar-refractivity contribution in [1.82, 2.24) is 0 Å². The summed E-state index contributed by atoms with van der Waals surface area (Å²) < 4.78 is 19.3. The molecule has 0 spiro atoms. The van der Waals surface area contributed by atoms with Gasteiger partial charge in [-0.2, -0.15) is 0 Å². The van der Waals surface area contributed by atoms with Gasteiger partial charge in [-0.3, -0.25) is 14.5 Å². The topological polar surface area (TPSA) is 66.8 Å². The van der Waals surface area contributed by atoms with Crippen LogP contribution in [0.2, 0.25) is 0 Å². The SMILES string of the molecule is COc1ccc(/C(O)=C2/C(=O)C(=O)N(c3ccc(F)cc3)C2c2ccccc2)cc1Br. The molecule has 1 N–H and O–H groups in total. The average molecular weight is 482 g/mol. The van der Waals surface area contributed by atoms with E-state index < -0.39 is 23.5 Å². The van der Waals surface area contributed by atoms with Crippen LogP contribution in [-0.2, 0) is 9.59 Å². The van der Waals surface area contributed by atoms with Gasteiger partial charge in [-0.05, 0) is 64.0 Å². The summed E-state index contributed by atoms with van der Waals surface area (Å²) in [6.45, 7) is 0. The Morgan fingerprint density at radius 2 is 1.71 bits per heavy atom. The van der Waals surface area contributed by atoms with E-state index in [9.17, 15) is 19.1 Å². The molecule has 3 aromatic rings. The van der Waals surface area contributed by atoms with Gasteiger partial charge in [-0.15, -0.1) is 0 Å². The van der Waals surface area contributed by atoms with Crippen LogP contribution in [0.4, 0.5) is 10.1 Å². The van der Waals surface area contributed by atoms with Crippen molar-refractivity contribution in [3.8, 4) is 5.75 Å². The largest absolute Gasteiger partial charge is 0.507 e. The van der Waals surface area contributed by atoms with Crippen molar-refractivity contribution in [1.29, 1.82) is 0 Å². The Morgan fingerprint density at radius 3 is 2.32 bits per heavy atom. The van der Waals surface area contributed by atoms with Crippen LogP contribution in [0.15, 0.2) is 82.8 Å². The van der Waals surface area contributed by atoms with Crippen molar-refractivity contribution in [3.63, 3.8) is 0 Å². The molecule has 0 saturated carbocycles. The van der Waals surface area contributed by atoms with Crippen molar-refractivity contribution >= 4 is 39.1 Å². The number of anilines is 1. The summed E-state index contributed by atoms with van der Waals surface area (Å²) in [5.74, 6) is -1.82. The van der Waals surface area contributed by atoms with Gasteiger partial charge in [0, 0.05) is 11.3 Å². The molecule has 1 aliphatic heterocycles. The van der Waals surface area contributed by atoms with Crippen LogP contribution in [0.3, 0.4) is 0 Å². The number of aliphatic hydroxyl groups excluding tert-OH is 1. The van der Waals surface area contributed by atoms with Crippen molar-refractivity contribution in [3.05, 3.63) is 99.8 Å². The minimum Gasteiger partial charge on any atom is -0.507 e. The van der Waals surface area contributed by atoms with Crippen LogP contribution in [0.5, 0.6) is 5.75 Å². The number of hydrogen-bond donors (Lipinski definition) is 1. The van der Waals surface area contributed by atoms with E-state index in [2.05, 4.69) is 15.9 Å². The molecule has 1 unspecified atom stereocenters. The van der Waals surface area contributed by atoms with E-state index in [0.29, 0.717) is 27.0 Å². The zero-order chi connectivity index (χ0) is 22.1. The standard InChI is InChI=1S/C24H17BrFNO4/c1-31-19-12-7-15(13-18(19)25)22(28)20-21(14-5-3-2-4-6-14)27(24(30)23(20)29)17-10-8-16(26)9-11-17/h2-13,21,28H,1H3/b22-20-. The smallest absolute Gasteiger partial charge is 0.300 e. The van der Waals surface area contributed by atoms with E-state index in [0.717, 1.165) is 0 Å². The first-order valence-corrected chi connectivity index (χ1v) is 10.2. The summed E-state index contributed by atoms with van der Waals surface area (Å²) >= 11 is 3.37. The number of rotatable bonds is 4. The van der Waals surface area contributed by atoms with Gasteiger partial charge in [0.1, 0.15) is 17.3 Å². The predicted molar refractivity (Wildman–Crippen MR) is 118 cm³/mol. The lowest BCUT2D eigenvalue weighted by Gasteiger charge is -2.25. The van der Waals surface area contributed by atoms with Gasteiger partial charge < -0.3 is 9.84 Å². The van der Waals surface area contributed by atoms with E-state index >= 15 is 0 Å². The van der Waals surface area contributed by atoms with Gasteiger partial charge in [0.15, 0.2) is 0 Å². The van der Waals surface area contributed by atoms with Crippen LogP contribution in [0, 0.1) is 5.82 Å². The molecule has 1 fully saturated rings. The molecule has 1 amide bonds. The maximum atomic E-state index is 13.5. The second-order valence-corrected chi connectivity index (χ2v) is 7.76. The molecule has 0 bridgehead atoms. The van der Waals surface area contributed by atoms with E-state index in [1.54, 1.807) is 42.5 Å². The van der Waals surface area contributed by atoms with Gasteiger partial charge in [0.25, 0.3) is 11.7 Å². The molecule has 1 aliphatic rings. The number of benzene rings is 3. The molecule has 0 aliphatic carbocycles.